The number of esters is 1. The maximum atomic E-state index is 10.8. The first-order valence-corrected chi connectivity index (χ1v) is 11.3. The number of ether oxygens (including phenoxy) is 9. The van der Waals surface area contributed by atoms with Crippen LogP contribution in [0.15, 0.2) is 24.3 Å². The predicted molar refractivity (Wildman–Crippen MR) is 124 cm³/mol. The molecule has 1 aromatic rings. The van der Waals surface area contributed by atoms with Gasteiger partial charge in [-0.2, -0.15) is 0 Å². The number of methoxy groups -OCH3 is 1. The molecule has 0 aliphatic carbocycles. The Balaban J connectivity index is 1.67. The Hall–Kier alpha value is -1.99. The van der Waals surface area contributed by atoms with Crippen molar-refractivity contribution in [2.24, 2.45) is 0 Å². The van der Waals surface area contributed by atoms with Gasteiger partial charge in [0.1, 0.15) is 19.0 Å². The lowest BCUT2D eigenvalue weighted by Gasteiger charge is -2.09. The highest BCUT2D eigenvalue weighted by atomic mass is 16.6. The summed E-state index contributed by atoms with van der Waals surface area (Å²) in [7, 11) is 1.31. The molecule has 0 aliphatic heterocycles. The molecule has 11 heteroatoms. The van der Waals surface area contributed by atoms with Gasteiger partial charge in [0.25, 0.3) is 0 Å². The largest absolute Gasteiger partial charge is 0.491 e. The van der Waals surface area contributed by atoms with Crippen molar-refractivity contribution < 1.29 is 47.4 Å². The molecule has 0 atom stereocenters. The van der Waals surface area contributed by atoms with Crippen LogP contribution in [0.4, 0.5) is 5.69 Å². The van der Waals surface area contributed by atoms with E-state index in [0.717, 1.165) is 5.75 Å². The van der Waals surface area contributed by atoms with Crippen LogP contribution in [0.5, 0.6) is 5.75 Å². The number of carbonyl (C=O) groups is 1. The molecule has 0 aromatic heterocycles. The summed E-state index contributed by atoms with van der Waals surface area (Å²) in [5, 5.41) is 0. The van der Waals surface area contributed by atoms with Gasteiger partial charge in [-0.25, -0.2) is 4.79 Å². The third kappa shape index (κ3) is 19.5. The summed E-state index contributed by atoms with van der Waals surface area (Å²) in [6, 6.07) is 7.24. The van der Waals surface area contributed by atoms with E-state index in [1.807, 2.05) is 12.1 Å². The molecule has 0 amide bonds. The molecule has 0 fully saturated rings. The van der Waals surface area contributed by atoms with E-state index in [4.69, 9.17) is 43.6 Å². The van der Waals surface area contributed by atoms with Gasteiger partial charge in [0, 0.05) is 5.69 Å². The summed E-state index contributed by atoms with van der Waals surface area (Å²) in [5.74, 6) is 0.363. The molecule has 0 bridgehead atoms. The quantitative estimate of drug-likeness (QED) is 0.127. The number of nitrogen functional groups attached to an aromatic ring is 1. The number of anilines is 1. The van der Waals surface area contributed by atoms with Gasteiger partial charge in [0.2, 0.25) is 0 Å². The SMILES string of the molecule is COC(=O)COCCOCCOCCOCCOCCOCCOCCOc1ccc(N)cc1. The van der Waals surface area contributed by atoms with Crippen LogP contribution in [0.1, 0.15) is 0 Å². The summed E-state index contributed by atoms with van der Waals surface area (Å²) in [6.07, 6.45) is 0. The lowest BCUT2D eigenvalue weighted by atomic mass is 10.3. The van der Waals surface area contributed by atoms with Crippen LogP contribution >= 0.6 is 0 Å². The molecule has 0 saturated carbocycles. The van der Waals surface area contributed by atoms with Gasteiger partial charge in [-0.1, -0.05) is 0 Å². The molecular formula is C23H39NO10. The Kier molecular flexibility index (Phi) is 20.1. The smallest absolute Gasteiger partial charge is 0.331 e. The van der Waals surface area contributed by atoms with Crippen molar-refractivity contribution in [1.29, 1.82) is 0 Å². The second kappa shape index (κ2) is 22.8. The summed E-state index contributed by atoms with van der Waals surface area (Å²) in [6.45, 7) is 6.51. The summed E-state index contributed by atoms with van der Waals surface area (Å²) in [4.78, 5) is 10.8. The monoisotopic (exact) mass is 489 g/mol. The van der Waals surface area contributed by atoms with Crippen LogP contribution in [0.3, 0.4) is 0 Å². The molecule has 11 nitrogen and oxygen atoms in total. The zero-order chi connectivity index (χ0) is 24.5. The lowest BCUT2D eigenvalue weighted by Crippen LogP contribution is -2.16. The third-order valence-electron chi connectivity index (χ3n) is 4.06. The zero-order valence-corrected chi connectivity index (χ0v) is 20.1. The second-order valence-electron chi connectivity index (χ2n) is 6.72. The number of nitrogens with two attached hydrogens (primary N) is 1. The standard InChI is InChI=1S/C23H39NO10/c1-26-23(25)20-33-17-16-31-13-12-29-9-8-27-6-7-28-10-11-30-14-15-32-18-19-34-22-4-2-21(24)3-5-22/h2-5H,6-20,24H2,1H3. The molecule has 0 radical (unpaired) electrons. The van der Waals surface area contributed by atoms with Crippen molar-refractivity contribution in [3.05, 3.63) is 24.3 Å². The lowest BCUT2D eigenvalue weighted by molar-refractivity contribution is -0.146. The Morgan fingerprint density at radius 3 is 1.32 bits per heavy atom. The van der Waals surface area contributed by atoms with E-state index in [2.05, 4.69) is 4.74 Å². The van der Waals surface area contributed by atoms with Crippen LogP contribution in [0.25, 0.3) is 0 Å². The maximum absolute atomic E-state index is 10.8. The van der Waals surface area contributed by atoms with E-state index in [0.29, 0.717) is 98.2 Å². The molecule has 0 aliphatic rings. The Morgan fingerprint density at radius 1 is 0.588 bits per heavy atom. The highest BCUT2D eigenvalue weighted by molar-refractivity contribution is 5.70. The zero-order valence-electron chi connectivity index (χ0n) is 20.1. The highest BCUT2D eigenvalue weighted by Gasteiger charge is 1.99. The van der Waals surface area contributed by atoms with Crippen LogP contribution in [-0.2, 0) is 42.7 Å². The molecule has 1 aromatic carbocycles. The molecule has 0 saturated heterocycles. The molecule has 0 spiro atoms. The van der Waals surface area contributed by atoms with Gasteiger partial charge in [-0.15, -0.1) is 0 Å². The first-order chi connectivity index (χ1) is 16.7. The van der Waals surface area contributed by atoms with E-state index in [1.165, 1.54) is 7.11 Å². The summed E-state index contributed by atoms with van der Waals surface area (Å²) in [5.41, 5.74) is 6.33. The molecular weight excluding hydrogens is 450 g/mol. The van der Waals surface area contributed by atoms with Crippen molar-refractivity contribution in [3.63, 3.8) is 0 Å². The molecule has 34 heavy (non-hydrogen) atoms. The second-order valence-corrected chi connectivity index (χ2v) is 6.72. The summed E-state index contributed by atoms with van der Waals surface area (Å²) < 4.78 is 47.4. The van der Waals surface area contributed by atoms with Gasteiger partial charge in [-0.3, -0.25) is 0 Å². The molecule has 2 N–H and O–H groups in total. The fourth-order valence-electron chi connectivity index (χ4n) is 2.32. The van der Waals surface area contributed by atoms with Crippen LogP contribution < -0.4 is 10.5 Å². The van der Waals surface area contributed by atoms with Crippen LogP contribution in [0.2, 0.25) is 0 Å². The Morgan fingerprint density at radius 2 is 0.941 bits per heavy atom. The van der Waals surface area contributed by atoms with E-state index >= 15 is 0 Å². The van der Waals surface area contributed by atoms with Crippen molar-refractivity contribution in [3.8, 4) is 5.75 Å². The minimum Gasteiger partial charge on any atom is -0.491 e. The predicted octanol–water partition coefficient (Wildman–Crippen LogP) is 0.937. The van der Waals surface area contributed by atoms with E-state index in [-0.39, 0.29) is 6.61 Å². The fourth-order valence-corrected chi connectivity index (χ4v) is 2.32. The van der Waals surface area contributed by atoms with Gasteiger partial charge >= 0.3 is 5.97 Å². The fraction of sp³-hybridized carbons (Fsp3) is 0.696. The van der Waals surface area contributed by atoms with Crippen LogP contribution in [0, 0.1) is 0 Å². The van der Waals surface area contributed by atoms with Gasteiger partial charge < -0.3 is 48.4 Å². The average molecular weight is 490 g/mol. The first-order valence-electron chi connectivity index (χ1n) is 11.3. The Labute approximate surface area is 201 Å². The number of hydrogen-bond acceptors (Lipinski definition) is 11. The maximum Gasteiger partial charge on any atom is 0.331 e. The van der Waals surface area contributed by atoms with E-state index in [1.54, 1.807) is 12.1 Å². The summed E-state index contributed by atoms with van der Waals surface area (Å²) >= 11 is 0. The van der Waals surface area contributed by atoms with Crippen molar-refractivity contribution >= 4 is 11.7 Å². The normalized spacial score (nSPS) is 11.0. The van der Waals surface area contributed by atoms with Crippen LogP contribution in [-0.4, -0.2) is 112 Å². The van der Waals surface area contributed by atoms with Crippen molar-refractivity contribution in [2.45, 2.75) is 0 Å². The average Bonchev–Trinajstić information content (AvgIpc) is 2.85. The molecule has 196 valence electrons. The van der Waals surface area contributed by atoms with Gasteiger partial charge in [0.15, 0.2) is 0 Å². The highest BCUT2D eigenvalue weighted by Crippen LogP contribution is 2.12. The first kappa shape index (κ1) is 30.0. The minimum absolute atomic E-state index is 0.0667. The number of hydrogen-bond donors (Lipinski definition) is 1. The number of rotatable bonds is 24. The van der Waals surface area contributed by atoms with Crippen molar-refractivity contribution in [1.82, 2.24) is 0 Å². The molecule has 1 rings (SSSR count). The molecule has 0 unspecified atom stereocenters. The Bertz CT molecular complexity index is 588. The molecule has 0 heterocycles. The third-order valence-corrected chi connectivity index (χ3v) is 4.06. The van der Waals surface area contributed by atoms with Gasteiger partial charge in [-0.05, 0) is 24.3 Å². The van der Waals surface area contributed by atoms with E-state index < -0.39 is 5.97 Å². The van der Waals surface area contributed by atoms with Gasteiger partial charge in [0.05, 0.1) is 93.0 Å². The number of carbonyl (C=O) groups excluding carboxylic acids is 1. The number of benzene rings is 1. The van der Waals surface area contributed by atoms with E-state index in [9.17, 15) is 4.79 Å². The van der Waals surface area contributed by atoms with Crippen molar-refractivity contribution in [2.75, 3.05) is 112 Å². The topological polar surface area (TPSA) is 126 Å². The minimum atomic E-state index is -0.405.